The van der Waals surface area contributed by atoms with Crippen molar-refractivity contribution >= 4 is 10.9 Å². The van der Waals surface area contributed by atoms with Crippen molar-refractivity contribution in [2.24, 2.45) is 0 Å². The molecule has 3 nitrogen and oxygen atoms in total. The maximum atomic E-state index is 3.99. The zero-order valence-electron chi connectivity index (χ0n) is 18.2. The molecular weight excluding hydrogens is 366 g/mol. The normalized spacial score (nSPS) is 15.0. The van der Waals surface area contributed by atoms with Crippen molar-refractivity contribution in [1.82, 2.24) is 14.5 Å². The van der Waals surface area contributed by atoms with Crippen molar-refractivity contribution in [2.45, 2.75) is 39.8 Å². The maximum absolute atomic E-state index is 3.99. The molecule has 30 heavy (non-hydrogen) atoms. The van der Waals surface area contributed by atoms with Crippen molar-refractivity contribution in [3.8, 4) is 11.1 Å². The predicted molar refractivity (Wildman–Crippen MR) is 125 cm³/mol. The van der Waals surface area contributed by atoms with Crippen LogP contribution in [0.3, 0.4) is 0 Å². The van der Waals surface area contributed by atoms with Gasteiger partial charge >= 0.3 is 0 Å². The summed E-state index contributed by atoms with van der Waals surface area (Å²) in [6.45, 7) is 7.86. The van der Waals surface area contributed by atoms with Crippen LogP contribution in [0.1, 0.15) is 27.9 Å². The standard InChI is InChI=1S/C15H18N2.C12H11N/c1-10-7-11-3-6-17-14-4-5-16(2)9-13(14)12(8-10)15(11)17;1-10-3-2-4-12(9-10)11-5-7-13-8-6-11/h7-8H,3-6,9H2,1-2H3;2-9H,1H3. The molecule has 2 aliphatic heterocycles. The van der Waals surface area contributed by atoms with Gasteiger partial charge in [-0.25, -0.2) is 0 Å². The molecule has 0 saturated carbocycles. The third-order valence-corrected chi connectivity index (χ3v) is 6.40. The second-order valence-corrected chi connectivity index (χ2v) is 8.74. The van der Waals surface area contributed by atoms with E-state index in [1.807, 2.05) is 24.5 Å². The first-order chi connectivity index (χ1) is 14.6. The van der Waals surface area contributed by atoms with Gasteiger partial charge in [-0.1, -0.05) is 41.5 Å². The topological polar surface area (TPSA) is 21.1 Å². The van der Waals surface area contributed by atoms with E-state index in [1.165, 1.54) is 59.1 Å². The summed E-state index contributed by atoms with van der Waals surface area (Å²) in [6, 6.07) is 17.3. The van der Waals surface area contributed by atoms with Crippen LogP contribution in [-0.2, 0) is 25.9 Å². The first-order valence-electron chi connectivity index (χ1n) is 10.9. The van der Waals surface area contributed by atoms with Gasteiger partial charge in [-0.2, -0.15) is 0 Å². The van der Waals surface area contributed by atoms with E-state index >= 15 is 0 Å². The maximum Gasteiger partial charge on any atom is 0.0519 e. The van der Waals surface area contributed by atoms with Gasteiger partial charge in [-0.15, -0.1) is 0 Å². The molecule has 2 aliphatic rings. The van der Waals surface area contributed by atoms with Crippen molar-refractivity contribution < 1.29 is 0 Å². The molecule has 2 aromatic heterocycles. The Morgan fingerprint density at radius 2 is 1.67 bits per heavy atom. The van der Waals surface area contributed by atoms with Gasteiger partial charge in [-0.3, -0.25) is 4.98 Å². The second-order valence-electron chi connectivity index (χ2n) is 8.74. The van der Waals surface area contributed by atoms with Crippen molar-refractivity contribution in [3.63, 3.8) is 0 Å². The zero-order valence-corrected chi connectivity index (χ0v) is 18.2. The SMILES string of the molecule is Cc1cc2c3c(c1)c1c(n3CC2)CCN(C)C1.Cc1cccc(-c2ccncc2)c1. The fraction of sp³-hybridized carbons (Fsp3) is 0.296. The molecule has 6 rings (SSSR count). The minimum atomic E-state index is 1.13. The lowest BCUT2D eigenvalue weighted by molar-refractivity contribution is 0.309. The van der Waals surface area contributed by atoms with Gasteiger partial charge in [0.1, 0.15) is 0 Å². The summed E-state index contributed by atoms with van der Waals surface area (Å²) in [5, 5.41) is 1.53. The molecule has 2 aromatic carbocycles. The smallest absolute Gasteiger partial charge is 0.0519 e. The minimum Gasteiger partial charge on any atom is -0.344 e. The van der Waals surface area contributed by atoms with Crippen molar-refractivity contribution in [2.75, 3.05) is 13.6 Å². The predicted octanol–water partition coefficient (Wildman–Crippen LogP) is 5.55. The Hall–Kier alpha value is -2.91. The van der Waals surface area contributed by atoms with E-state index in [0.29, 0.717) is 0 Å². The molecule has 152 valence electrons. The fourth-order valence-electron chi connectivity index (χ4n) is 5.00. The van der Waals surface area contributed by atoms with Gasteiger partial charge in [-0.05, 0) is 67.8 Å². The van der Waals surface area contributed by atoms with Crippen LogP contribution >= 0.6 is 0 Å². The van der Waals surface area contributed by atoms with Crippen LogP contribution in [0.2, 0.25) is 0 Å². The first-order valence-corrected chi connectivity index (χ1v) is 10.9. The van der Waals surface area contributed by atoms with Gasteiger partial charge in [0.25, 0.3) is 0 Å². The van der Waals surface area contributed by atoms with Crippen LogP contribution in [-0.4, -0.2) is 28.0 Å². The van der Waals surface area contributed by atoms with Crippen LogP contribution in [0.5, 0.6) is 0 Å². The zero-order chi connectivity index (χ0) is 20.7. The Bertz CT molecular complexity index is 1200. The van der Waals surface area contributed by atoms with Crippen LogP contribution < -0.4 is 0 Å². The van der Waals surface area contributed by atoms with Crippen LogP contribution in [0.15, 0.2) is 60.9 Å². The third-order valence-electron chi connectivity index (χ3n) is 6.40. The van der Waals surface area contributed by atoms with Gasteiger partial charge in [0.15, 0.2) is 0 Å². The van der Waals surface area contributed by atoms with E-state index in [1.54, 1.807) is 16.8 Å². The van der Waals surface area contributed by atoms with Crippen molar-refractivity contribution in [3.05, 3.63) is 88.9 Å². The lowest BCUT2D eigenvalue weighted by atomic mass is 10.00. The Balaban J connectivity index is 0.000000134. The molecule has 0 atom stereocenters. The minimum absolute atomic E-state index is 1.13. The molecule has 0 unspecified atom stereocenters. The highest BCUT2D eigenvalue weighted by Crippen LogP contribution is 2.37. The van der Waals surface area contributed by atoms with Crippen LogP contribution in [0.25, 0.3) is 22.0 Å². The van der Waals surface area contributed by atoms with Crippen molar-refractivity contribution in [1.29, 1.82) is 0 Å². The summed E-state index contributed by atoms with van der Waals surface area (Å²) in [7, 11) is 2.23. The molecule has 3 heteroatoms. The first kappa shape index (κ1) is 19.1. The number of benzene rings is 2. The molecule has 0 aliphatic carbocycles. The summed E-state index contributed by atoms with van der Waals surface area (Å²) in [4.78, 5) is 6.43. The molecule has 0 N–H and O–H groups in total. The summed E-state index contributed by atoms with van der Waals surface area (Å²) in [5.74, 6) is 0. The quantitative estimate of drug-likeness (QED) is 0.421. The van der Waals surface area contributed by atoms with E-state index in [4.69, 9.17) is 0 Å². The molecule has 0 amide bonds. The number of likely N-dealkylation sites (N-methyl/N-ethyl adjacent to an activating group) is 1. The average Bonchev–Trinajstić information content (AvgIpc) is 3.30. The van der Waals surface area contributed by atoms with E-state index in [-0.39, 0.29) is 0 Å². The highest BCUT2D eigenvalue weighted by molar-refractivity contribution is 5.90. The van der Waals surface area contributed by atoms with Crippen LogP contribution in [0, 0.1) is 13.8 Å². The molecule has 4 heterocycles. The summed E-state index contributed by atoms with van der Waals surface area (Å²) >= 11 is 0. The molecule has 0 spiro atoms. The Morgan fingerprint density at radius 3 is 2.47 bits per heavy atom. The number of hydrogen-bond donors (Lipinski definition) is 0. The lowest BCUT2D eigenvalue weighted by Gasteiger charge is -2.24. The summed E-state index contributed by atoms with van der Waals surface area (Å²) in [6.07, 6.45) is 6.09. The molecule has 0 saturated heterocycles. The molecule has 0 fully saturated rings. The lowest BCUT2D eigenvalue weighted by Crippen LogP contribution is -2.27. The number of hydrogen-bond acceptors (Lipinski definition) is 2. The number of aromatic nitrogens is 2. The summed E-state index contributed by atoms with van der Waals surface area (Å²) in [5.41, 5.74) is 11.5. The molecular formula is C27H29N3. The molecule has 0 radical (unpaired) electrons. The molecule has 0 bridgehead atoms. The van der Waals surface area contributed by atoms with Crippen LogP contribution in [0.4, 0.5) is 0 Å². The van der Waals surface area contributed by atoms with Gasteiger partial charge in [0.05, 0.1) is 5.52 Å². The third kappa shape index (κ3) is 3.44. The average molecular weight is 396 g/mol. The van der Waals surface area contributed by atoms with Gasteiger partial charge in [0, 0.05) is 49.5 Å². The van der Waals surface area contributed by atoms with Gasteiger partial charge < -0.3 is 9.47 Å². The Labute approximate surface area is 179 Å². The number of aryl methyl sites for hydroxylation is 4. The van der Waals surface area contributed by atoms with E-state index in [9.17, 15) is 0 Å². The number of rotatable bonds is 1. The Morgan fingerprint density at radius 1 is 0.833 bits per heavy atom. The number of nitrogens with zero attached hydrogens (tertiary/aromatic N) is 3. The summed E-state index contributed by atoms with van der Waals surface area (Å²) < 4.78 is 2.59. The fourth-order valence-corrected chi connectivity index (χ4v) is 5.00. The molecule has 4 aromatic rings. The number of fused-ring (bicyclic) bond motifs is 3. The highest BCUT2D eigenvalue weighted by atomic mass is 15.1. The van der Waals surface area contributed by atoms with E-state index in [2.05, 4.69) is 71.7 Å². The second kappa shape index (κ2) is 7.73. The van der Waals surface area contributed by atoms with E-state index in [0.717, 1.165) is 6.54 Å². The van der Waals surface area contributed by atoms with E-state index < -0.39 is 0 Å². The van der Waals surface area contributed by atoms with Gasteiger partial charge in [0.2, 0.25) is 0 Å². The largest absolute Gasteiger partial charge is 0.344 e. The Kier molecular flexibility index (Phi) is 4.92. The monoisotopic (exact) mass is 395 g/mol. The highest BCUT2D eigenvalue weighted by Gasteiger charge is 2.26. The number of pyridine rings is 1.